The lowest BCUT2D eigenvalue weighted by atomic mass is 10.2. The van der Waals surface area contributed by atoms with Gasteiger partial charge in [-0.2, -0.15) is 13.2 Å². The smallest absolute Gasteiger partial charge is 0.345 e. The average Bonchev–Trinajstić information content (AvgIpc) is 3.29. The van der Waals surface area contributed by atoms with Gasteiger partial charge in [-0.1, -0.05) is 11.6 Å². The van der Waals surface area contributed by atoms with Crippen molar-refractivity contribution in [3.05, 3.63) is 35.5 Å². The van der Waals surface area contributed by atoms with E-state index < -0.39 is 49.6 Å². The highest BCUT2D eigenvalue weighted by Crippen LogP contribution is 2.32. The molecule has 1 fully saturated rings. The Morgan fingerprint density at radius 2 is 2.10 bits per heavy atom. The summed E-state index contributed by atoms with van der Waals surface area (Å²) in [5.74, 6) is -2.35. The molecule has 1 amide bonds. The number of aromatic nitrogens is 4. The van der Waals surface area contributed by atoms with E-state index in [9.17, 15) is 26.7 Å². The maximum atomic E-state index is 14.5. The highest BCUT2D eigenvalue weighted by molar-refractivity contribution is 6.31. The monoisotopic (exact) mass is 460 g/mol. The van der Waals surface area contributed by atoms with Crippen LogP contribution in [0.4, 0.5) is 27.8 Å². The van der Waals surface area contributed by atoms with E-state index in [1.165, 1.54) is 12.4 Å². The van der Waals surface area contributed by atoms with Crippen LogP contribution in [0, 0.1) is 5.82 Å². The predicted octanol–water partition coefficient (Wildman–Crippen LogP) is 3.41. The fourth-order valence-corrected chi connectivity index (χ4v) is 3.58. The Balaban J connectivity index is 1.68. The minimum atomic E-state index is -4.63. The van der Waals surface area contributed by atoms with Crippen LogP contribution in [0.15, 0.2) is 24.7 Å². The zero-order valence-corrected chi connectivity index (χ0v) is 16.3. The summed E-state index contributed by atoms with van der Waals surface area (Å²) in [6.45, 7) is -1.98. The van der Waals surface area contributed by atoms with Gasteiger partial charge in [0.25, 0.3) is 0 Å². The van der Waals surface area contributed by atoms with Crippen LogP contribution < -0.4 is 10.2 Å². The Morgan fingerprint density at radius 3 is 2.84 bits per heavy atom. The van der Waals surface area contributed by atoms with Crippen molar-refractivity contribution in [1.29, 1.82) is 0 Å². The van der Waals surface area contributed by atoms with Crippen LogP contribution in [0.1, 0.15) is 6.42 Å². The van der Waals surface area contributed by atoms with E-state index in [1.54, 1.807) is 11.4 Å². The third-order valence-corrected chi connectivity index (χ3v) is 4.96. The van der Waals surface area contributed by atoms with E-state index in [4.69, 9.17) is 11.6 Å². The molecule has 31 heavy (non-hydrogen) atoms. The summed E-state index contributed by atoms with van der Waals surface area (Å²) in [4.78, 5) is 28.3. The van der Waals surface area contributed by atoms with Gasteiger partial charge >= 0.3 is 6.18 Å². The summed E-state index contributed by atoms with van der Waals surface area (Å²) in [5.41, 5.74) is 0.906. The highest BCUT2D eigenvalue weighted by atomic mass is 35.5. The molecule has 0 bridgehead atoms. The van der Waals surface area contributed by atoms with Gasteiger partial charge in [0.15, 0.2) is 17.5 Å². The summed E-state index contributed by atoms with van der Waals surface area (Å²) in [6.07, 6.45) is -2.76. The van der Waals surface area contributed by atoms with Crippen LogP contribution in [-0.2, 0) is 4.79 Å². The quantitative estimate of drug-likeness (QED) is 0.583. The van der Waals surface area contributed by atoms with E-state index in [2.05, 4.69) is 19.9 Å². The van der Waals surface area contributed by atoms with Gasteiger partial charge in [0.1, 0.15) is 24.4 Å². The first-order valence-corrected chi connectivity index (χ1v) is 9.41. The molecule has 4 heterocycles. The number of hydrogen-bond donors (Lipinski definition) is 2. The fourth-order valence-electron chi connectivity index (χ4n) is 3.42. The highest BCUT2D eigenvalue weighted by Gasteiger charge is 2.40. The zero-order valence-electron chi connectivity index (χ0n) is 15.6. The number of carbonyl (C=O) groups is 1. The number of nitrogens with one attached hydrogen (secondary N) is 2. The Labute approximate surface area is 176 Å². The Hall–Kier alpha value is -3.02. The number of fused-ring (bicyclic) bond motifs is 1. The number of H-pyrrole nitrogens is 1. The second-order valence-corrected chi connectivity index (χ2v) is 7.39. The number of anilines is 1. The van der Waals surface area contributed by atoms with Gasteiger partial charge in [-0.05, 0) is 6.07 Å². The Bertz CT molecular complexity index is 1140. The molecular weight excluding hydrogens is 447 g/mol. The third kappa shape index (κ3) is 4.38. The number of amides is 1. The van der Waals surface area contributed by atoms with Gasteiger partial charge in [0.2, 0.25) is 5.91 Å². The fraction of sp³-hybridized carbons (Fsp3) is 0.333. The molecular formula is C18H14ClF5N6O. The first-order chi connectivity index (χ1) is 14.6. The first kappa shape index (κ1) is 21.2. The lowest BCUT2D eigenvalue weighted by Crippen LogP contribution is -2.46. The molecule has 0 aromatic carbocycles. The molecule has 0 saturated carbocycles. The zero-order chi connectivity index (χ0) is 22.3. The average molecular weight is 461 g/mol. The minimum absolute atomic E-state index is 0.0449. The number of alkyl halides is 4. The topological polar surface area (TPSA) is 86.8 Å². The van der Waals surface area contributed by atoms with Crippen LogP contribution in [-0.4, -0.2) is 57.3 Å². The second kappa shape index (κ2) is 7.91. The van der Waals surface area contributed by atoms with E-state index in [0.29, 0.717) is 21.6 Å². The van der Waals surface area contributed by atoms with E-state index in [-0.39, 0.29) is 11.6 Å². The van der Waals surface area contributed by atoms with E-state index >= 15 is 0 Å². The molecule has 0 aliphatic carbocycles. The summed E-state index contributed by atoms with van der Waals surface area (Å²) < 4.78 is 65.9. The molecule has 3 aromatic heterocycles. The molecule has 0 radical (unpaired) electrons. The number of carbonyl (C=O) groups excluding carboxylic acids is 1. The molecule has 1 aliphatic rings. The molecule has 2 atom stereocenters. The minimum Gasteiger partial charge on any atom is -0.345 e. The SMILES string of the molecule is O=C(NCC(F)(F)F)[C@H]1C[C@H](F)CN1c1nc(-c2c[nH]c3ncc(Cl)cc23)ncc1F. The number of aromatic amines is 1. The van der Waals surface area contributed by atoms with Crippen molar-refractivity contribution in [3.8, 4) is 11.4 Å². The first-order valence-electron chi connectivity index (χ1n) is 9.03. The van der Waals surface area contributed by atoms with Crippen LogP contribution in [0.25, 0.3) is 22.4 Å². The molecule has 0 unspecified atom stereocenters. The lowest BCUT2D eigenvalue weighted by Gasteiger charge is -2.25. The van der Waals surface area contributed by atoms with Crippen molar-refractivity contribution in [3.63, 3.8) is 0 Å². The summed E-state index contributed by atoms with van der Waals surface area (Å²) >= 11 is 5.98. The molecule has 1 aliphatic heterocycles. The van der Waals surface area contributed by atoms with Crippen molar-refractivity contribution in [2.24, 2.45) is 0 Å². The number of nitrogens with zero attached hydrogens (tertiary/aromatic N) is 4. The molecule has 1 saturated heterocycles. The standard InChI is InChI=1S/C18H14ClF5N6O/c19-8-1-10-11(4-26-14(10)25-3-8)15-27-5-12(21)16(29-15)30-6-9(20)2-13(30)17(31)28-7-18(22,23)24/h1,3-5,9,13H,2,6-7H2,(H,25,26)(H,28,31)/t9-,13+/m0/s1. The molecule has 2 N–H and O–H groups in total. The van der Waals surface area contributed by atoms with Gasteiger partial charge in [-0.3, -0.25) is 4.79 Å². The van der Waals surface area contributed by atoms with Crippen molar-refractivity contribution in [2.75, 3.05) is 18.0 Å². The van der Waals surface area contributed by atoms with Gasteiger partial charge < -0.3 is 15.2 Å². The van der Waals surface area contributed by atoms with Gasteiger partial charge in [0.05, 0.1) is 17.8 Å². The number of hydrogen-bond acceptors (Lipinski definition) is 5. The molecule has 0 spiro atoms. The van der Waals surface area contributed by atoms with Crippen molar-refractivity contribution in [1.82, 2.24) is 25.3 Å². The van der Waals surface area contributed by atoms with Gasteiger partial charge in [-0.15, -0.1) is 0 Å². The second-order valence-electron chi connectivity index (χ2n) is 6.95. The summed E-state index contributed by atoms with van der Waals surface area (Å²) in [5, 5.41) is 2.61. The molecule has 4 rings (SSSR count). The van der Waals surface area contributed by atoms with Crippen molar-refractivity contribution >= 4 is 34.4 Å². The van der Waals surface area contributed by atoms with Crippen LogP contribution in [0.3, 0.4) is 0 Å². The van der Waals surface area contributed by atoms with Crippen molar-refractivity contribution < 1.29 is 26.7 Å². The predicted molar refractivity (Wildman–Crippen MR) is 102 cm³/mol. The lowest BCUT2D eigenvalue weighted by molar-refractivity contribution is -0.139. The van der Waals surface area contributed by atoms with Gasteiger partial charge in [0, 0.05) is 29.8 Å². The van der Waals surface area contributed by atoms with E-state index in [0.717, 1.165) is 11.1 Å². The maximum Gasteiger partial charge on any atom is 0.405 e. The van der Waals surface area contributed by atoms with Crippen LogP contribution >= 0.6 is 11.6 Å². The van der Waals surface area contributed by atoms with Crippen LogP contribution in [0.2, 0.25) is 5.02 Å². The van der Waals surface area contributed by atoms with Gasteiger partial charge in [-0.25, -0.2) is 23.7 Å². The largest absolute Gasteiger partial charge is 0.405 e. The summed E-state index contributed by atoms with van der Waals surface area (Å²) in [6, 6.07) is 0.247. The number of halogens is 6. The normalized spacial score (nSPS) is 19.2. The molecule has 3 aromatic rings. The summed E-state index contributed by atoms with van der Waals surface area (Å²) in [7, 11) is 0. The Kier molecular flexibility index (Phi) is 5.42. The number of rotatable bonds is 4. The maximum absolute atomic E-state index is 14.5. The van der Waals surface area contributed by atoms with Crippen LogP contribution in [0.5, 0.6) is 0 Å². The van der Waals surface area contributed by atoms with Crippen molar-refractivity contribution in [2.45, 2.75) is 24.8 Å². The number of pyridine rings is 1. The van der Waals surface area contributed by atoms with E-state index in [1.807, 2.05) is 0 Å². The molecule has 13 heteroatoms. The molecule has 164 valence electrons. The Morgan fingerprint density at radius 1 is 1.32 bits per heavy atom. The third-order valence-electron chi connectivity index (χ3n) is 4.75. The molecule has 7 nitrogen and oxygen atoms in total.